The third kappa shape index (κ3) is 5.47. The highest BCUT2D eigenvalue weighted by atomic mass is 79.9. The number of fused-ring (bicyclic) bond motifs is 1. The number of carbonyl (C=O) groups is 2. The molecule has 3 rings (SSSR count). The number of aromatic nitrogens is 2. The van der Waals surface area contributed by atoms with Crippen molar-refractivity contribution in [2.24, 2.45) is 0 Å². The molecule has 0 aliphatic rings. The summed E-state index contributed by atoms with van der Waals surface area (Å²) < 4.78 is 20.5. The Bertz CT molecular complexity index is 1120. The Morgan fingerprint density at radius 1 is 1.21 bits per heavy atom. The van der Waals surface area contributed by atoms with Crippen LogP contribution in [0.15, 0.2) is 58.1 Å². The molecular weight excluding hydrogens is 445 g/mol. The van der Waals surface area contributed by atoms with Gasteiger partial charge in [-0.1, -0.05) is 34.1 Å². The Hall–Kier alpha value is -3.07. The van der Waals surface area contributed by atoms with Gasteiger partial charge in [-0.2, -0.15) is 0 Å². The van der Waals surface area contributed by atoms with Crippen molar-refractivity contribution in [1.82, 2.24) is 14.9 Å². The van der Waals surface area contributed by atoms with Gasteiger partial charge in [0.15, 0.2) is 6.61 Å². The van der Waals surface area contributed by atoms with Crippen LogP contribution in [0.2, 0.25) is 0 Å². The van der Waals surface area contributed by atoms with E-state index in [0.29, 0.717) is 16.5 Å². The van der Waals surface area contributed by atoms with Crippen LogP contribution in [0.1, 0.15) is 12.0 Å². The molecule has 1 amide bonds. The Morgan fingerprint density at radius 3 is 2.79 bits per heavy atom. The zero-order valence-electron chi connectivity index (χ0n) is 15.2. The largest absolute Gasteiger partial charge is 0.456 e. The zero-order valence-corrected chi connectivity index (χ0v) is 16.8. The fourth-order valence-electron chi connectivity index (χ4n) is 2.61. The number of ether oxygens (including phenoxy) is 1. The highest BCUT2D eigenvalue weighted by Gasteiger charge is 2.11. The van der Waals surface area contributed by atoms with Crippen LogP contribution >= 0.6 is 15.9 Å². The summed E-state index contributed by atoms with van der Waals surface area (Å²) in [5.74, 6) is -1.60. The molecule has 0 saturated carbocycles. The standard InChI is InChI=1S/C20H17BrFN3O4/c21-14-5-6-17-15(9-14)20(28)25(12-24-17)8-7-19(27)29-11-18(26)23-10-13-3-1-2-4-16(13)22/h1-6,9,12H,7-8,10-11H2,(H,23,26). The number of carbonyl (C=O) groups excluding carboxylic acids is 2. The molecule has 9 heteroatoms. The molecule has 150 valence electrons. The van der Waals surface area contributed by atoms with Crippen LogP contribution in [0.25, 0.3) is 10.9 Å². The van der Waals surface area contributed by atoms with Crippen molar-refractivity contribution in [1.29, 1.82) is 0 Å². The average Bonchev–Trinajstić information content (AvgIpc) is 2.71. The van der Waals surface area contributed by atoms with E-state index in [2.05, 4.69) is 26.2 Å². The molecule has 1 N–H and O–H groups in total. The van der Waals surface area contributed by atoms with Gasteiger partial charge in [-0.15, -0.1) is 0 Å². The summed E-state index contributed by atoms with van der Waals surface area (Å²) in [5.41, 5.74) is 0.622. The predicted octanol–water partition coefficient (Wildman–Crippen LogP) is 2.55. The minimum Gasteiger partial charge on any atom is -0.456 e. The molecule has 0 atom stereocenters. The number of hydrogen-bond donors (Lipinski definition) is 1. The number of esters is 1. The van der Waals surface area contributed by atoms with E-state index in [-0.39, 0.29) is 25.1 Å². The number of aryl methyl sites for hydroxylation is 1. The van der Waals surface area contributed by atoms with Gasteiger partial charge >= 0.3 is 5.97 Å². The smallest absolute Gasteiger partial charge is 0.308 e. The molecule has 2 aromatic carbocycles. The lowest BCUT2D eigenvalue weighted by Gasteiger charge is -2.08. The number of nitrogens with zero attached hydrogens (tertiary/aromatic N) is 2. The lowest BCUT2D eigenvalue weighted by Crippen LogP contribution is -2.29. The van der Waals surface area contributed by atoms with Crippen LogP contribution in [-0.2, 0) is 27.4 Å². The highest BCUT2D eigenvalue weighted by Crippen LogP contribution is 2.14. The number of amides is 1. The maximum atomic E-state index is 13.5. The fraction of sp³-hybridized carbons (Fsp3) is 0.200. The van der Waals surface area contributed by atoms with Crippen molar-refractivity contribution in [3.8, 4) is 0 Å². The van der Waals surface area contributed by atoms with E-state index in [4.69, 9.17) is 4.74 Å². The molecule has 3 aromatic rings. The first-order valence-corrected chi connectivity index (χ1v) is 9.54. The van der Waals surface area contributed by atoms with Gasteiger partial charge in [0.05, 0.1) is 23.7 Å². The summed E-state index contributed by atoms with van der Waals surface area (Å²) in [6.45, 7) is -0.411. The molecule has 0 spiro atoms. The third-order valence-corrected chi connectivity index (χ3v) is 4.63. The van der Waals surface area contributed by atoms with E-state index in [1.807, 2.05) is 0 Å². The summed E-state index contributed by atoms with van der Waals surface area (Å²) in [5, 5.41) is 2.91. The molecule has 0 saturated heterocycles. The van der Waals surface area contributed by atoms with Gasteiger partial charge in [0, 0.05) is 23.1 Å². The molecule has 1 heterocycles. The van der Waals surface area contributed by atoms with E-state index in [1.165, 1.54) is 17.0 Å². The normalized spacial score (nSPS) is 10.7. The van der Waals surface area contributed by atoms with E-state index in [0.717, 1.165) is 4.47 Å². The van der Waals surface area contributed by atoms with Crippen molar-refractivity contribution in [2.45, 2.75) is 19.5 Å². The first-order valence-electron chi connectivity index (χ1n) is 8.74. The van der Waals surface area contributed by atoms with Crippen LogP contribution in [0.5, 0.6) is 0 Å². The maximum absolute atomic E-state index is 13.5. The van der Waals surface area contributed by atoms with Crippen molar-refractivity contribution < 1.29 is 18.7 Å². The minimum absolute atomic E-state index is 0.00320. The summed E-state index contributed by atoms with van der Waals surface area (Å²) in [6, 6.07) is 11.2. The Labute approximate surface area is 173 Å². The zero-order chi connectivity index (χ0) is 20.8. The van der Waals surface area contributed by atoms with E-state index in [9.17, 15) is 18.8 Å². The van der Waals surface area contributed by atoms with Gasteiger partial charge < -0.3 is 10.1 Å². The molecule has 0 radical (unpaired) electrons. The molecular formula is C20H17BrFN3O4. The van der Waals surface area contributed by atoms with Gasteiger partial charge in [-0.3, -0.25) is 19.0 Å². The molecule has 1 aromatic heterocycles. The first kappa shape index (κ1) is 20.7. The number of halogens is 2. The second-order valence-electron chi connectivity index (χ2n) is 6.18. The molecule has 0 unspecified atom stereocenters. The summed E-state index contributed by atoms with van der Waals surface area (Å²) in [6.07, 6.45) is 1.27. The predicted molar refractivity (Wildman–Crippen MR) is 108 cm³/mol. The molecule has 7 nitrogen and oxygen atoms in total. The SMILES string of the molecule is O=C(COC(=O)CCn1cnc2ccc(Br)cc2c1=O)NCc1ccccc1F. The van der Waals surface area contributed by atoms with E-state index >= 15 is 0 Å². The van der Waals surface area contributed by atoms with Crippen molar-refractivity contribution in [3.05, 3.63) is 75.0 Å². The van der Waals surface area contributed by atoms with Crippen LogP contribution in [0.3, 0.4) is 0 Å². The Kier molecular flexibility index (Phi) is 6.71. The quantitative estimate of drug-likeness (QED) is 0.546. The van der Waals surface area contributed by atoms with E-state index < -0.39 is 24.3 Å². The third-order valence-electron chi connectivity index (χ3n) is 4.14. The topological polar surface area (TPSA) is 90.3 Å². The number of benzene rings is 2. The molecule has 0 aliphatic carbocycles. The maximum Gasteiger partial charge on any atom is 0.308 e. The van der Waals surface area contributed by atoms with Gasteiger partial charge in [0.25, 0.3) is 11.5 Å². The Morgan fingerprint density at radius 2 is 2.00 bits per heavy atom. The van der Waals surface area contributed by atoms with Gasteiger partial charge in [0.1, 0.15) is 5.82 Å². The monoisotopic (exact) mass is 461 g/mol. The second kappa shape index (κ2) is 9.42. The molecule has 0 aliphatic heterocycles. The highest BCUT2D eigenvalue weighted by molar-refractivity contribution is 9.10. The van der Waals surface area contributed by atoms with Crippen LogP contribution in [0, 0.1) is 5.82 Å². The summed E-state index contributed by atoms with van der Waals surface area (Å²) >= 11 is 3.31. The fourth-order valence-corrected chi connectivity index (χ4v) is 2.97. The van der Waals surface area contributed by atoms with Crippen molar-refractivity contribution in [3.63, 3.8) is 0 Å². The second-order valence-corrected chi connectivity index (χ2v) is 7.10. The molecule has 29 heavy (non-hydrogen) atoms. The number of hydrogen-bond acceptors (Lipinski definition) is 5. The van der Waals surface area contributed by atoms with Gasteiger partial charge in [-0.05, 0) is 24.3 Å². The number of rotatable bonds is 7. The van der Waals surface area contributed by atoms with Crippen LogP contribution in [-0.4, -0.2) is 28.0 Å². The Balaban J connectivity index is 1.48. The summed E-state index contributed by atoms with van der Waals surface area (Å²) in [7, 11) is 0. The van der Waals surface area contributed by atoms with E-state index in [1.54, 1.807) is 36.4 Å². The lowest BCUT2D eigenvalue weighted by atomic mass is 10.2. The van der Waals surface area contributed by atoms with Crippen molar-refractivity contribution in [2.75, 3.05) is 6.61 Å². The average molecular weight is 462 g/mol. The molecule has 0 fully saturated rings. The van der Waals surface area contributed by atoms with Crippen LogP contribution in [0.4, 0.5) is 4.39 Å². The van der Waals surface area contributed by atoms with Crippen LogP contribution < -0.4 is 10.9 Å². The lowest BCUT2D eigenvalue weighted by molar-refractivity contribution is -0.148. The summed E-state index contributed by atoms with van der Waals surface area (Å²) in [4.78, 5) is 40.3. The molecule has 0 bridgehead atoms. The van der Waals surface area contributed by atoms with Gasteiger partial charge in [0.2, 0.25) is 0 Å². The number of nitrogens with one attached hydrogen (secondary N) is 1. The van der Waals surface area contributed by atoms with Gasteiger partial charge in [-0.25, -0.2) is 9.37 Å². The first-order chi connectivity index (χ1) is 13.9. The van der Waals surface area contributed by atoms with Crippen molar-refractivity contribution >= 4 is 38.7 Å². The minimum atomic E-state index is -0.632.